The minimum Gasteiger partial charge on any atom is -0.385 e. The summed E-state index contributed by atoms with van der Waals surface area (Å²) in [5, 5.41) is 13.6. The number of nitrogens with zero attached hydrogens (tertiary/aromatic N) is 3. The number of aliphatic hydroxyl groups is 1. The summed E-state index contributed by atoms with van der Waals surface area (Å²) in [7, 11) is 1.90. The SMILES string of the molecule is Cn1ccnc1C(O)C1CCN(C(=O)NC2CCCC2)CC1. The number of amides is 2. The molecule has 1 aromatic heterocycles. The van der Waals surface area contributed by atoms with Crippen molar-refractivity contribution in [2.45, 2.75) is 50.7 Å². The molecule has 0 radical (unpaired) electrons. The van der Waals surface area contributed by atoms with Gasteiger partial charge in [0.05, 0.1) is 0 Å². The Labute approximate surface area is 131 Å². The van der Waals surface area contributed by atoms with Crippen LogP contribution < -0.4 is 5.32 Å². The quantitative estimate of drug-likeness (QED) is 0.895. The second-order valence-corrected chi connectivity index (χ2v) is 6.60. The van der Waals surface area contributed by atoms with Crippen molar-refractivity contribution >= 4 is 6.03 Å². The van der Waals surface area contributed by atoms with Crippen molar-refractivity contribution < 1.29 is 9.90 Å². The van der Waals surface area contributed by atoms with Crippen LogP contribution in [-0.4, -0.2) is 44.7 Å². The zero-order valence-corrected chi connectivity index (χ0v) is 13.2. The Balaban J connectivity index is 1.49. The molecule has 3 rings (SSSR count). The number of likely N-dealkylation sites (tertiary alicyclic amines) is 1. The first kappa shape index (κ1) is 15.3. The fourth-order valence-corrected chi connectivity index (χ4v) is 3.63. The number of urea groups is 1. The average molecular weight is 306 g/mol. The van der Waals surface area contributed by atoms with Crippen LogP contribution in [0, 0.1) is 5.92 Å². The topological polar surface area (TPSA) is 70.4 Å². The monoisotopic (exact) mass is 306 g/mol. The van der Waals surface area contributed by atoms with Crippen LogP contribution in [-0.2, 0) is 7.05 Å². The molecule has 6 heteroatoms. The van der Waals surface area contributed by atoms with E-state index >= 15 is 0 Å². The number of hydrogen-bond donors (Lipinski definition) is 2. The van der Waals surface area contributed by atoms with Crippen LogP contribution in [0.1, 0.15) is 50.5 Å². The molecule has 1 atom stereocenters. The van der Waals surface area contributed by atoms with Gasteiger partial charge in [-0.1, -0.05) is 12.8 Å². The molecule has 2 amide bonds. The van der Waals surface area contributed by atoms with Gasteiger partial charge >= 0.3 is 6.03 Å². The standard InChI is InChI=1S/C16H26N4O2/c1-19-11-8-17-15(19)14(21)12-6-9-20(10-7-12)16(22)18-13-4-2-3-5-13/h8,11-14,21H,2-7,9-10H2,1H3,(H,18,22). The maximum absolute atomic E-state index is 12.2. The van der Waals surface area contributed by atoms with Gasteiger partial charge in [0.2, 0.25) is 0 Å². The molecule has 2 fully saturated rings. The van der Waals surface area contributed by atoms with E-state index in [1.54, 1.807) is 6.20 Å². The molecule has 1 saturated heterocycles. The van der Waals surface area contributed by atoms with Gasteiger partial charge in [0.1, 0.15) is 11.9 Å². The van der Waals surface area contributed by atoms with Gasteiger partial charge in [0.25, 0.3) is 0 Å². The first-order valence-electron chi connectivity index (χ1n) is 8.36. The van der Waals surface area contributed by atoms with E-state index in [1.807, 2.05) is 22.7 Å². The minimum absolute atomic E-state index is 0.0665. The van der Waals surface area contributed by atoms with Crippen molar-refractivity contribution in [3.8, 4) is 0 Å². The third kappa shape index (κ3) is 3.27. The van der Waals surface area contributed by atoms with E-state index in [4.69, 9.17) is 0 Å². The second-order valence-electron chi connectivity index (χ2n) is 6.60. The Morgan fingerprint density at radius 3 is 2.59 bits per heavy atom. The molecule has 1 aliphatic carbocycles. The van der Waals surface area contributed by atoms with E-state index < -0.39 is 6.10 Å². The predicted molar refractivity (Wildman–Crippen MR) is 83.3 cm³/mol. The van der Waals surface area contributed by atoms with E-state index in [2.05, 4.69) is 10.3 Å². The molecule has 0 spiro atoms. The third-order valence-electron chi connectivity index (χ3n) is 5.08. The predicted octanol–water partition coefficient (Wildman–Crippen LogP) is 1.82. The van der Waals surface area contributed by atoms with Crippen molar-refractivity contribution in [1.29, 1.82) is 0 Å². The molecule has 0 bridgehead atoms. The zero-order valence-electron chi connectivity index (χ0n) is 13.2. The fraction of sp³-hybridized carbons (Fsp3) is 0.750. The van der Waals surface area contributed by atoms with E-state index in [0.29, 0.717) is 25.0 Å². The number of aromatic nitrogens is 2. The van der Waals surface area contributed by atoms with Gasteiger partial charge in [0.15, 0.2) is 0 Å². The zero-order chi connectivity index (χ0) is 15.5. The largest absolute Gasteiger partial charge is 0.385 e. The molecule has 1 saturated carbocycles. The van der Waals surface area contributed by atoms with Gasteiger partial charge in [0, 0.05) is 38.6 Å². The Morgan fingerprint density at radius 1 is 1.32 bits per heavy atom. The van der Waals surface area contributed by atoms with Crippen LogP contribution in [0.3, 0.4) is 0 Å². The molecule has 1 unspecified atom stereocenters. The van der Waals surface area contributed by atoms with Crippen molar-refractivity contribution in [3.63, 3.8) is 0 Å². The second kappa shape index (κ2) is 6.69. The van der Waals surface area contributed by atoms with Crippen molar-refractivity contribution in [2.24, 2.45) is 13.0 Å². The lowest BCUT2D eigenvalue weighted by Gasteiger charge is -2.34. The Bertz CT molecular complexity index is 502. The Morgan fingerprint density at radius 2 is 2.00 bits per heavy atom. The molecule has 22 heavy (non-hydrogen) atoms. The molecule has 0 aromatic carbocycles. The molecule has 1 aromatic rings. The van der Waals surface area contributed by atoms with Crippen molar-refractivity contribution in [1.82, 2.24) is 19.8 Å². The van der Waals surface area contributed by atoms with Gasteiger partial charge in [-0.15, -0.1) is 0 Å². The van der Waals surface area contributed by atoms with Crippen LogP contribution in [0.4, 0.5) is 4.79 Å². The van der Waals surface area contributed by atoms with E-state index in [0.717, 1.165) is 25.7 Å². The summed E-state index contributed by atoms with van der Waals surface area (Å²) in [5.41, 5.74) is 0. The summed E-state index contributed by atoms with van der Waals surface area (Å²) in [6, 6.07) is 0.431. The molecule has 122 valence electrons. The summed E-state index contributed by atoms with van der Waals surface area (Å²) in [6.45, 7) is 1.43. The normalized spacial score (nSPS) is 22.0. The average Bonchev–Trinajstić information content (AvgIpc) is 3.18. The lowest BCUT2D eigenvalue weighted by molar-refractivity contribution is 0.0581. The number of imidazole rings is 1. The number of rotatable bonds is 3. The van der Waals surface area contributed by atoms with Gasteiger partial charge in [-0.3, -0.25) is 0 Å². The molecular weight excluding hydrogens is 280 g/mol. The first-order chi connectivity index (χ1) is 10.6. The van der Waals surface area contributed by atoms with Crippen LogP contribution in [0.15, 0.2) is 12.4 Å². The summed E-state index contributed by atoms with van der Waals surface area (Å²) in [6.07, 6.45) is 9.34. The number of carbonyl (C=O) groups excluding carboxylic acids is 1. The van der Waals surface area contributed by atoms with E-state index in [1.165, 1.54) is 12.8 Å². The van der Waals surface area contributed by atoms with Gasteiger partial charge in [-0.25, -0.2) is 9.78 Å². The minimum atomic E-state index is -0.542. The smallest absolute Gasteiger partial charge is 0.317 e. The summed E-state index contributed by atoms with van der Waals surface area (Å²) in [5.74, 6) is 0.894. The lowest BCUT2D eigenvalue weighted by atomic mass is 9.91. The summed E-state index contributed by atoms with van der Waals surface area (Å²) < 4.78 is 1.86. The highest BCUT2D eigenvalue weighted by Crippen LogP contribution is 2.29. The number of aryl methyl sites for hydroxylation is 1. The molecule has 6 nitrogen and oxygen atoms in total. The molecule has 2 heterocycles. The lowest BCUT2D eigenvalue weighted by Crippen LogP contribution is -2.47. The van der Waals surface area contributed by atoms with Crippen LogP contribution in [0.25, 0.3) is 0 Å². The number of carbonyl (C=O) groups is 1. The highest BCUT2D eigenvalue weighted by atomic mass is 16.3. The van der Waals surface area contributed by atoms with E-state index in [-0.39, 0.29) is 11.9 Å². The fourth-order valence-electron chi connectivity index (χ4n) is 3.63. The number of aliphatic hydroxyl groups excluding tert-OH is 1. The number of nitrogens with one attached hydrogen (secondary N) is 1. The van der Waals surface area contributed by atoms with Crippen LogP contribution >= 0.6 is 0 Å². The van der Waals surface area contributed by atoms with Crippen LogP contribution in [0.2, 0.25) is 0 Å². The third-order valence-corrected chi connectivity index (χ3v) is 5.08. The summed E-state index contributed by atoms with van der Waals surface area (Å²) in [4.78, 5) is 18.4. The Kier molecular flexibility index (Phi) is 4.66. The van der Waals surface area contributed by atoms with Gasteiger partial charge in [-0.2, -0.15) is 0 Å². The number of hydrogen-bond acceptors (Lipinski definition) is 3. The molecular formula is C16H26N4O2. The molecule has 2 N–H and O–H groups in total. The van der Waals surface area contributed by atoms with Crippen LogP contribution in [0.5, 0.6) is 0 Å². The summed E-state index contributed by atoms with van der Waals surface area (Å²) >= 11 is 0. The maximum atomic E-state index is 12.2. The first-order valence-corrected chi connectivity index (χ1v) is 8.36. The highest BCUT2D eigenvalue weighted by molar-refractivity contribution is 5.74. The molecule has 2 aliphatic rings. The van der Waals surface area contributed by atoms with Crippen molar-refractivity contribution in [2.75, 3.05) is 13.1 Å². The van der Waals surface area contributed by atoms with Crippen molar-refractivity contribution in [3.05, 3.63) is 18.2 Å². The maximum Gasteiger partial charge on any atom is 0.317 e. The van der Waals surface area contributed by atoms with E-state index in [9.17, 15) is 9.90 Å². The molecule has 1 aliphatic heterocycles. The highest BCUT2D eigenvalue weighted by Gasteiger charge is 2.30. The van der Waals surface area contributed by atoms with Gasteiger partial charge in [-0.05, 0) is 31.6 Å². The Hall–Kier alpha value is -1.56. The van der Waals surface area contributed by atoms with Gasteiger partial charge < -0.3 is 19.9 Å². The number of piperidine rings is 1.